The Morgan fingerprint density at radius 3 is 1.95 bits per heavy atom. The number of allylic oxidation sites excluding steroid dienone is 4. The van der Waals surface area contributed by atoms with E-state index < -0.39 is 0 Å². The third-order valence-electron chi connectivity index (χ3n) is 5.95. The predicted molar refractivity (Wildman–Crippen MR) is 186 cm³/mol. The molecular weight excluding hydrogens is 500 g/mol. The molecule has 0 fully saturated rings. The normalized spacial score (nSPS) is 12.2. The first-order valence-electron chi connectivity index (χ1n) is 14.7. The smallest absolute Gasteiger partial charge is 0.136 e. The lowest BCUT2D eigenvalue weighted by molar-refractivity contribution is 0.451. The molecule has 0 bridgehead atoms. The molecule has 2 N–H and O–H groups in total. The lowest BCUT2D eigenvalue weighted by Crippen LogP contribution is -2.30. The van der Waals surface area contributed by atoms with Crippen molar-refractivity contribution in [1.29, 1.82) is 0 Å². The van der Waals surface area contributed by atoms with E-state index >= 15 is 0 Å². The standard InChI is InChI=1S/C23H32N4.C8H10.2C2H6.C2H2/c1-6-19(4)23-25-17-15-22(27(23)5)24-16-9-7-8-10-20-11-13-21(14-12-20)26-18(2)3;1-7-5-3-4-6-8(7)2;3*1-2/h6,11-15,17,24,26H,1-2,7-10,16H2,3-5H3;3-6H,1-2H3;2*1-2H3;1-2H/b23-19-;;;;. The summed E-state index contributed by atoms with van der Waals surface area (Å²) >= 11 is 0. The van der Waals surface area contributed by atoms with Crippen LogP contribution in [0.3, 0.4) is 0 Å². The van der Waals surface area contributed by atoms with Gasteiger partial charge in [-0.1, -0.05) is 89.7 Å². The van der Waals surface area contributed by atoms with Gasteiger partial charge in [0.1, 0.15) is 11.6 Å². The molecule has 0 unspecified atom stereocenters. The number of nitrogens with one attached hydrogen (secondary N) is 2. The van der Waals surface area contributed by atoms with Gasteiger partial charge in [-0.15, -0.1) is 12.8 Å². The highest BCUT2D eigenvalue weighted by atomic mass is 15.3. The van der Waals surface area contributed by atoms with Crippen molar-refractivity contribution < 1.29 is 0 Å². The van der Waals surface area contributed by atoms with Gasteiger partial charge in [0, 0.05) is 31.2 Å². The number of aryl methyl sites for hydroxylation is 3. The first kappa shape index (κ1) is 39.2. The number of hydrogen-bond acceptors (Lipinski definition) is 4. The summed E-state index contributed by atoms with van der Waals surface area (Å²) in [6.07, 6.45) is 18.4. The van der Waals surface area contributed by atoms with E-state index in [2.05, 4.69) is 109 Å². The van der Waals surface area contributed by atoms with Gasteiger partial charge >= 0.3 is 0 Å². The minimum Gasteiger partial charge on any atom is -0.371 e. The van der Waals surface area contributed by atoms with Crippen LogP contribution in [0.5, 0.6) is 0 Å². The Labute approximate surface area is 253 Å². The summed E-state index contributed by atoms with van der Waals surface area (Å²) in [6.45, 7) is 24.9. The summed E-state index contributed by atoms with van der Waals surface area (Å²) in [6, 6.07) is 17.0. The van der Waals surface area contributed by atoms with Crippen LogP contribution in [0.25, 0.3) is 0 Å². The molecule has 0 radical (unpaired) electrons. The molecule has 1 aliphatic heterocycles. The third kappa shape index (κ3) is 16.7. The van der Waals surface area contributed by atoms with Crippen LogP contribution in [0.15, 0.2) is 102 Å². The molecule has 0 atom stereocenters. The highest BCUT2D eigenvalue weighted by Gasteiger charge is 2.13. The first-order chi connectivity index (χ1) is 19.8. The van der Waals surface area contributed by atoms with E-state index in [4.69, 9.17) is 0 Å². The average Bonchev–Trinajstić information content (AvgIpc) is 3.00. The highest BCUT2D eigenvalue weighted by Crippen LogP contribution is 2.18. The maximum atomic E-state index is 4.43. The van der Waals surface area contributed by atoms with E-state index in [-0.39, 0.29) is 0 Å². The van der Waals surface area contributed by atoms with Gasteiger partial charge in [-0.3, -0.25) is 0 Å². The van der Waals surface area contributed by atoms with Crippen molar-refractivity contribution in [3.63, 3.8) is 0 Å². The van der Waals surface area contributed by atoms with Crippen LogP contribution >= 0.6 is 0 Å². The van der Waals surface area contributed by atoms with Crippen LogP contribution in [-0.4, -0.2) is 24.7 Å². The third-order valence-corrected chi connectivity index (χ3v) is 5.95. The minimum absolute atomic E-state index is 0.944. The molecule has 1 heterocycles. The number of rotatable bonds is 10. The summed E-state index contributed by atoms with van der Waals surface area (Å²) in [5.74, 6) is 2.03. The van der Waals surface area contributed by atoms with Gasteiger partial charge in [0.25, 0.3) is 0 Å². The molecule has 0 spiro atoms. The van der Waals surface area contributed by atoms with E-state index in [9.17, 15) is 0 Å². The number of anilines is 1. The van der Waals surface area contributed by atoms with Gasteiger partial charge < -0.3 is 15.5 Å². The Morgan fingerprint density at radius 2 is 1.46 bits per heavy atom. The fraction of sp³-hybridized carbons (Fsp3) is 0.378. The SMILES string of the molecule is C#C.C=C/C(C)=C1/N=CC=C(NCCCCCc2ccc(NC(=C)C)cc2)N1C.CC.CC.Cc1ccccc1C. The number of unbranched alkanes of at least 4 members (excludes halogenated alkanes) is 2. The van der Waals surface area contributed by atoms with Crippen LogP contribution in [0.4, 0.5) is 5.69 Å². The monoisotopic (exact) mass is 556 g/mol. The Morgan fingerprint density at radius 1 is 0.902 bits per heavy atom. The molecular formula is C37H56N4. The van der Waals surface area contributed by atoms with Crippen molar-refractivity contribution >= 4 is 11.9 Å². The maximum absolute atomic E-state index is 4.43. The quantitative estimate of drug-likeness (QED) is 0.226. The van der Waals surface area contributed by atoms with Gasteiger partial charge in [-0.05, 0) is 87.4 Å². The van der Waals surface area contributed by atoms with Gasteiger partial charge in [0.15, 0.2) is 0 Å². The van der Waals surface area contributed by atoms with Crippen LogP contribution < -0.4 is 10.6 Å². The number of hydrogen-bond donors (Lipinski definition) is 2. The molecule has 0 amide bonds. The molecule has 0 aromatic heterocycles. The van der Waals surface area contributed by atoms with E-state index in [0.29, 0.717) is 0 Å². The lowest BCUT2D eigenvalue weighted by Gasteiger charge is -2.27. The second-order valence-corrected chi connectivity index (χ2v) is 9.02. The molecule has 2 aromatic carbocycles. The molecule has 224 valence electrons. The van der Waals surface area contributed by atoms with E-state index in [1.54, 1.807) is 0 Å². The second-order valence-electron chi connectivity index (χ2n) is 9.02. The Balaban J connectivity index is 0. The summed E-state index contributed by atoms with van der Waals surface area (Å²) < 4.78 is 0. The fourth-order valence-electron chi connectivity index (χ4n) is 3.64. The van der Waals surface area contributed by atoms with Gasteiger partial charge in [0.05, 0.1) is 0 Å². The van der Waals surface area contributed by atoms with Crippen LogP contribution in [-0.2, 0) is 6.42 Å². The van der Waals surface area contributed by atoms with Crippen molar-refractivity contribution in [3.8, 4) is 12.8 Å². The zero-order valence-corrected chi connectivity index (χ0v) is 27.3. The zero-order valence-electron chi connectivity index (χ0n) is 27.3. The van der Waals surface area contributed by atoms with Crippen molar-refractivity contribution in [1.82, 2.24) is 10.2 Å². The molecule has 3 rings (SSSR count). The van der Waals surface area contributed by atoms with E-state index in [1.807, 2.05) is 67.0 Å². The lowest BCUT2D eigenvalue weighted by atomic mass is 10.1. The maximum Gasteiger partial charge on any atom is 0.136 e. The number of aliphatic imine (C=N–C) groups is 1. The topological polar surface area (TPSA) is 39.7 Å². The van der Waals surface area contributed by atoms with E-state index in [1.165, 1.54) is 29.5 Å². The summed E-state index contributed by atoms with van der Waals surface area (Å²) in [5.41, 5.74) is 7.26. The van der Waals surface area contributed by atoms with Gasteiger partial charge in [-0.2, -0.15) is 0 Å². The predicted octanol–water partition coefficient (Wildman–Crippen LogP) is 9.81. The fourth-order valence-corrected chi connectivity index (χ4v) is 3.64. The molecule has 0 aliphatic carbocycles. The molecule has 1 aliphatic rings. The molecule has 41 heavy (non-hydrogen) atoms. The Kier molecular flexibility index (Phi) is 23.9. The molecule has 4 heteroatoms. The number of benzene rings is 2. The minimum atomic E-state index is 0.944. The van der Waals surface area contributed by atoms with Crippen molar-refractivity contribution in [2.45, 2.75) is 81.1 Å². The number of nitrogens with zero attached hydrogens (tertiary/aromatic N) is 2. The Bertz CT molecular complexity index is 1080. The summed E-state index contributed by atoms with van der Waals surface area (Å²) in [4.78, 5) is 6.51. The zero-order chi connectivity index (χ0) is 31.6. The van der Waals surface area contributed by atoms with E-state index in [0.717, 1.165) is 48.0 Å². The highest BCUT2D eigenvalue weighted by molar-refractivity contribution is 5.74. The Hall–Kier alpha value is -3.97. The molecule has 4 nitrogen and oxygen atoms in total. The molecule has 2 aromatic rings. The van der Waals surface area contributed by atoms with Crippen LogP contribution in [0.2, 0.25) is 0 Å². The summed E-state index contributed by atoms with van der Waals surface area (Å²) in [5, 5.41) is 6.75. The van der Waals surface area contributed by atoms with Crippen LogP contribution in [0.1, 0.15) is 77.5 Å². The van der Waals surface area contributed by atoms with Gasteiger partial charge in [-0.25, -0.2) is 4.99 Å². The van der Waals surface area contributed by atoms with Crippen molar-refractivity contribution in [2.24, 2.45) is 4.99 Å². The largest absolute Gasteiger partial charge is 0.371 e. The van der Waals surface area contributed by atoms with Crippen molar-refractivity contribution in [3.05, 3.63) is 113 Å². The summed E-state index contributed by atoms with van der Waals surface area (Å²) in [7, 11) is 2.03. The van der Waals surface area contributed by atoms with Crippen molar-refractivity contribution in [2.75, 3.05) is 18.9 Å². The second kappa shape index (κ2) is 25.0. The average molecular weight is 557 g/mol. The number of terminal acetylenes is 1. The van der Waals surface area contributed by atoms with Gasteiger partial charge in [0.2, 0.25) is 0 Å². The van der Waals surface area contributed by atoms with Crippen LogP contribution in [0, 0.1) is 26.7 Å². The molecule has 0 saturated carbocycles. The molecule has 0 saturated heterocycles. The first-order valence-corrected chi connectivity index (χ1v) is 14.7.